The van der Waals surface area contributed by atoms with Crippen molar-refractivity contribution in [3.63, 3.8) is 0 Å². The third-order valence-electron chi connectivity index (χ3n) is 5.31. The first-order valence-corrected chi connectivity index (χ1v) is 12.8. The Kier molecular flexibility index (Phi) is 6.94. The van der Waals surface area contributed by atoms with E-state index in [0.29, 0.717) is 0 Å². The van der Waals surface area contributed by atoms with E-state index in [1.807, 2.05) is 0 Å². The fourth-order valence-corrected chi connectivity index (χ4v) is 5.41. The molecular formula is C22H26F2N6O7S. The Balaban J connectivity index is 1.73. The monoisotopic (exact) mass is 556 g/mol. The van der Waals surface area contributed by atoms with Crippen molar-refractivity contribution >= 4 is 27.5 Å². The number of anilines is 2. The second kappa shape index (κ2) is 9.74. The number of hydrogen-bond acceptors (Lipinski definition) is 9. The number of benzene rings is 1. The summed E-state index contributed by atoms with van der Waals surface area (Å²) in [6.07, 6.45) is -0.930. The van der Waals surface area contributed by atoms with Crippen LogP contribution in [0.3, 0.4) is 0 Å². The van der Waals surface area contributed by atoms with E-state index in [0.717, 1.165) is 15.2 Å². The fraction of sp³-hybridized carbons (Fsp3) is 0.455. The second-order valence-electron chi connectivity index (χ2n) is 9.51. The molecule has 0 saturated heterocycles. The number of sulfonamides is 1. The molecule has 206 valence electrons. The van der Waals surface area contributed by atoms with Gasteiger partial charge in [-0.15, -0.1) is 5.10 Å². The van der Waals surface area contributed by atoms with Crippen LogP contribution < -0.4 is 20.1 Å². The molecule has 13 nitrogen and oxygen atoms in total. The quantitative estimate of drug-likeness (QED) is 0.483. The van der Waals surface area contributed by atoms with Gasteiger partial charge < -0.3 is 13.9 Å². The highest BCUT2D eigenvalue weighted by molar-refractivity contribution is 7.92. The molecule has 1 amide bonds. The van der Waals surface area contributed by atoms with Crippen LogP contribution in [0, 0.1) is 6.92 Å². The first kappa shape index (κ1) is 27.1. The van der Waals surface area contributed by atoms with Gasteiger partial charge in [0.1, 0.15) is 22.4 Å². The molecule has 0 radical (unpaired) electrons. The molecule has 3 heterocycles. The van der Waals surface area contributed by atoms with E-state index in [9.17, 15) is 26.8 Å². The van der Waals surface area contributed by atoms with Crippen LogP contribution in [0.15, 0.2) is 38.5 Å². The Morgan fingerprint density at radius 2 is 2.00 bits per heavy atom. The number of fused-ring (bicyclic) bond motifs is 1. The van der Waals surface area contributed by atoms with Crippen molar-refractivity contribution < 1.29 is 35.9 Å². The molecule has 1 atom stereocenters. The topological polar surface area (TPSA) is 151 Å². The summed E-state index contributed by atoms with van der Waals surface area (Å²) in [6.45, 7) is 3.03. The third kappa shape index (κ3) is 5.64. The minimum Gasteiger partial charge on any atom is -0.486 e. The predicted octanol–water partition coefficient (Wildman–Crippen LogP) is 2.82. The van der Waals surface area contributed by atoms with Crippen molar-refractivity contribution in [1.82, 2.24) is 19.6 Å². The van der Waals surface area contributed by atoms with Crippen molar-refractivity contribution in [3.05, 3.63) is 46.5 Å². The molecule has 0 spiro atoms. The number of halogens is 2. The second-order valence-corrected chi connectivity index (χ2v) is 11.3. The van der Waals surface area contributed by atoms with E-state index < -0.39 is 45.0 Å². The summed E-state index contributed by atoms with van der Waals surface area (Å²) < 4.78 is 72.4. The largest absolute Gasteiger partial charge is 0.486 e. The molecule has 16 heteroatoms. The summed E-state index contributed by atoms with van der Waals surface area (Å²) in [5, 5.41) is 10.1. The smallest absolute Gasteiger partial charge is 0.436 e. The molecule has 0 unspecified atom stereocenters. The Bertz CT molecular complexity index is 1520. The third-order valence-corrected chi connectivity index (χ3v) is 7.19. The molecule has 2 aromatic heterocycles. The maximum absolute atomic E-state index is 13.8. The van der Waals surface area contributed by atoms with Crippen LogP contribution in [-0.2, 0) is 28.2 Å². The van der Waals surface area contributed by atoms with Gasteiger partial charge in [0.25, 0.3) is 10.0 Å². The van der Waals surface area contributed by atoms with Gasteiger partial charge in [-0.2, -0.15) is 18.6 Å². The van der Waals surface area contributed by atoms with Gasteiger partial charge in [0.15, 0.2) is 0 Å². The number of aryl methyl sites for hydroxylation is 2. The highest BCUT2D eigenvalue weighted by Crippen LogP contribution is 2.40. The number of nitrogens with zero attached hydrogens (tertiary/aromatic N) is 5. The van der Waals surface area contributed by atoms with E-state index in [-0.39, 0.29) is 46.4 Å². The van der Waals surface area contributed by atoms with Gasteiger partial charge in [-0.25, -0.2) is 22.7 Å². The van der Waals surface area contributed by atoms with Crippen molar-refractivity contribution in [1.29, 1.82) is 0 Å². The van der Waals surface area contributed by atoms with E-state index >= 15 is 0 Å². The molecule has 0 aliphatic carbocycles. The summed E-state index contributed by atoms with van der Waals surface area (Å²) in [6, 6.07) is 4.29. The number of nitrogens with one attached hydrogen (secondary N) is 1. The predicted molar refractivity (Wildman–Crippen MR) is 129 cm³/mol. The van der Waals surface area contributed by atoms with Crippen LogP contribution in [0.2, 0.25) is 0 Å². The number of ether oxygens (including phenoxy) is 2. The molecule has 0 fully saturated rings. The summed E-state index contributed by atoms with van der Waals surface area (Å²) >= 11 is 0. The van der Waals surface area contributed by atoms with Gasteiger partial charge in [0.05, 0.1) is 30.5 Å². The molecular weight excluding hydrogens is 530 g/mol. The van der Waals surface area contributed by atoms with Crippen LogP contribution in [0.4, 0.5) is 25.0 Å². The Morgan fingerprint density at radius 1 is 1.29 bits per heavy atom. The average molecular weight is 557 g/mol. The van der Waals surface area contributed by atoms with Crippen LogP contribution in [0.1, 0.15) is 38.9 Å². The molecule has 4 rings (SSSR count). The Hall–Kier alpha value is -3.95. The lowest BCUT2D eigenvalue weighted by molar-refractivity contribution is 0.0560. The molecule has 38 heavy (non-hydrogen) atoms. The van der Waals surface area contributed by atoms with Crippen molar-refractivity contribution in [3.8, 4) is 5.75 Å². The summed E-state index contributed by atoms with van der Waals surface area (Å²) in [5.74, 6) is -0.557. The number of aromatic nitrogens is 4. The van der Waals surface area contributed by atoms with Crippen LogP contribution in [-0.4, -0.2) is 52.3 Å². The van der Waals surface area contributed by atoms with Crippen molar-refractivity contribution in [2.75, 3.05) is 16.2 Å². The Morgan fingerprint density at radius 3 is 2.58 bits per heavy atom. The number of alkyl halides is 2. The van der Waals surface area contributed by atoms with E-state index in [1.54, 1.807) is 20.8 Å². The van der Waals surface area contributed by atoms with E-state index in [2.05, 4.69) is 15.5 Å². The molecule has 1 aliphatic heterocycles. The van der Waals surface area contributed by atoms with Crippen LogP contribution in [0.25, 0.3) is 0 Å². The van der Waals surface area contributed by atoms with Gasteiger partial charge in [0, 0.05) is 12.7 Å². The van der Waals surface area contributed by atoms with Gasteiger partial charge in [-0.3, -0.25) is 9.62 Å². The van der Waals surface area contributed by atoms with E-state index in [4.69, 9.17) is 13.9 Å². The molecule has 0 saturated carbocycles. The molecule has 1 aliphatic rings. The molecule has 0 bridgehead atoms. The lowest BCUT2D eigenvalue weighted by atomic mass is 10.1. The van der Waals surface area contributed by atoms with Crippen LogP contribution in [0.5, 0.6) is 5.75 Å². The maximum atomic E-state index is 13.8. The van der Waals surface area contributed by atoms with Gasteiger partial charge in [-0.05, 0) is 45.9 Å². The minimum absolute atomic E-state index is 0.0215. The zero-order chi connectivity index (χ0) is 28.0. The fourth-order valence-electron chi connectivity index (χ4n) is 3.75. The molecule has 1 N–H and O–H groups in total. The number of hydrogen-bond donors (Lipinski definition) is 1. The normalized spacial score (nSPS) is 15.8. The molecule has 1 aromatic carbocycles. The number of amides is 1. The first-order valence-electron chi connectivity index (χ1n) is 11.3. The van der Waals surface area contributed by atoms with Gasteiger partial charge in [0.2, 0.25) is 5.89 Å². The molecule has 3 aromatic rings. The summed E-state index contributed by atoms with van der Waals surface area (Å²) in [5.41, 5.74) is -0.654. The number of rotatable bonds is 6. The Labute approximate surface area is 216 Å². The SMILES string of the molecule is Cc1nn(C(F)F)cc1S(=O)(=O)N1C[C@H](Cc2nn(C)c(=O)o2)Oc2ccc(NC(=O)OC(C)(C)C)cc21. The zero-order valence-electron chi connectivity index (χ0n) is 21.1. The summed E-state index contributed by atoms with van der Waals surface area (Å²) in [4.78, 5) is 23.5. The van der Waals surface area contributed by atoms with Crippen LogP contribution >= 0.6 is 0 Å². The number of carbonyl (C=O) groups excluding carboxylic acids is 1. The number of carbonyl (C=O) groups is 1. The lowest BCUT2D eigenvalue weighted by Gasteiger charge is -2.35. The maximum Gasteiger partial charge on any atom is 0.436 e. The minimum atomic E-state index is -4.45. The summed E-state index contributed by atoms with van der Waals surface area (Å²) in [7, 11) is -3.05. The lowest BCUT2D eigenvalue weighted by Crippen LogP contribution is -2.44. The van der Waals surface area contributed by atoms with Crippen molar-refractivity contribution in [2.24, 2.45) is 7.05 Å². The van der Waals surface area contributed by atoms with Crippen molar-refractivity contribution in [2.45, 2.75) is 57.3 Å². The standard InChI is InChI=1S/C22H26F2N6O7S/c1-12-17(11-29(26-12)19(23)24)38(33,34)30-10-14(9-18-27-28(5)21(32)36-18)35-16-7-6-13(8-15(16)30)25-20(31)37-22(2,3)4/h6-8,11,14,19H,9-10H2,1-5H3,(H,25,31)/t14-/m0/s1. The van der Waals surface area contributed by atoms with Gasteiger partial charge in [-0.1, -0.05) is 0 Å². The first-order chi connectivity index (χ1) is 17.6. The highest BCUT2D eigenvalue weighted by atomic mass is 32.2. The average Bonchev–Trinajstić information content (AvgIpc) is 3.34. The van der Waals surface area contributed by atoms with Gasteiger partial charge >= 0.3 is 18.4 Å². The zero-order valence-corrected chi connectivity index (χ0v) is 22.0. The highest BCUT2D eigenvalue weighted by Gasteiger charge is 2.38. The van der Waals surface area contributed by atoms with E-state index in [1.165, 1.54) is 32.2 Å².